The van der Waals surface area contributed by atoms with Crippen molar-refractivity contribution in [3.05, 3.63) is 163 Å². The minimum atomic E-state index is -1.34. The average Bonchev–Trinajstić information content (AvgIpc) is 3.85. The molecule has 10 aromatic rings. The van der Waals surface area contributed by atoms with Gasteiger partial charge in [0.25, 0.3) is 0 Å². The van der Waals surface area contributed by atoms with Gasteiger partial charge in [-0.3, -0.25) is 4.98 Å². The molecule has 0 unspecified atom stereocenters. The summed E-state index contributed by atoms with van der Waals surface area (Å²) in [6.07, 6.45) is 5.02. The minimum Gasteiger partial charge on any atom is -0.486 e. The molecule has 6 aromatic carbocycles. The minimum absolute atomic E-state index is 0. The average molecular weight is 1020 g/mol. The standard InChI is InChI=1S/C38H30N3O.C18H24NSi.Ir/c1-22(2)24-19-20-30(36-34(24)29-16-11-21-39-38(29)42-36)37-40-31-17-9-10-18-32(31)41(37)35-28-15-8-6-13-26(28)25-12-5-7-14-27(25)33(35)23(3)4;1-14(2)11-16-12-17(15-9-7-6-8-10-15)19-13-18(16)20(3,4)5;/h5-19,21-23H,1-4H3;6-9,12-14H,11H2,1-5H3;/q2*-1;. The second-order valence-electron chi connectivity index (χ2n) is 18.6. The van der Waals surface area contributed by atoms with Crippen LogP contribution in [0.2, 0.25) is 19.6 Å². The third-order valence-corrected chi connectivity index (χ3v) is 14.0. The normalized spacial score (nSPS) is 11.9. The van der Waals surface area contributed by atoms with Crippen molar-refractivity contribution in [1.29, 1.82) is 0 Å². The second-order valence-corrected chi connectivity index (χ2v) is 23.6. The Bertz CT molecular complexity index is 3250. The van der Waals surface area contributed by atoms with Crippen molar-refractivity contribution in [3.63, 3.8) is 0 Å². The van der Waals surface area contributed by atoms with Crippen molar-refractivity contribution in [2.75, 3.05) is 0 Å². The van der Waals surface area contributed by atoms with Crippen molar-refractivity contribution in [2.45, 2.75) is 79.4 Å². The Morgan fingerprint density at radius 1 is 0.698 bits per heavy atom. The summed E-state index contributed by atoms with van der Waals surface area (Å²) >= 11 is 0. The topological polar surface area (TPSA) is 56.7 Å². The van der Waals surface area contributed by atoms with Crippen molar-refractivity contribution in [2.24, 2.45) is 5.92 Å². The molecule has 0 aliphatic carbocycles. The van der Waals surface area contributed by atoms with Gasteiger partial charge in [0.05, 0.1) is 36.2 Å². The number of nitrogens with zero attached hydrogens (tertiary/aromatic N) is 4. The Hall–Kier alpha value is -5.72. The molecule has 0 atom stereocenters. The number of para-hydroxylation sites is 2. The van der Waals surface area contributed by atoms with Crippen LogP contribution in [0.5, 0.6) is 0 Å². The summed E-state index contributed by atoms with van der Waals surface area (Å²) in [4.78, 5) is 14.6. The van der Waals surface area contributed by atoms with Crippen molar-refractivity contribution >= 4 is 67.9 Å². The van der Waals surface area contributed by atoms with E-state index in [1.54, 1.807) is 6.20 Å². The fraction of sp³-hybridized carbons (Fsp3) is 0.232. The van der Waals surface area contributed by atoms with Crippen LogP contribution in [0.25, 0.3) is 83.0 Å². The monoisotopic (exact) mass is 1020 g/mol. The van der Waals surface area contributed by atoms with E-state index < -0.39 is 8.07 Å². The van der Waals surface area contributed by atoms with E-state index in [1.807, 2.05) is 24.3 Å². The summed E-state index contributed by atoms with van der Waals surface area (Å²) in [7, 11) is -1.34. The molecule has 4 aromatic heterocycles. The van der Waals surface area contributed by atoms with E-state index in [4.69, 9.17) is 9.40 Å². The van der Waals surface area contributed by atoms with Crippen LogP contribution in [-0.2, 0) is 26.5 Å². The van der Waals surface area contributed by atoms with Crippen LogP contribution in [0, 0.1) is 18.1 Å². The van der Waals surface area contributed by atoms with Crippen LogP contribution in [0.15, 0.2) is 138 Å². The van der Waals surface area contributed by atoms with E-state index >= 15 is 0 Å². The zero-order chi connectivity index (χ0) is 43.3. The molecule has 10 rings (SSSR count). The third-order valence-electron chi connectivity index (χ3n) is 11.9. The predicted molar refractivity (Wildman–Crippen MR) is 264 cm³/mol. The number of fused-ring (bicyclic) bond motifs is 7. The van der Waals surface area contributed by atoms with Gasteiger partial charge in [-0.2, -0.15) is 0 Å². The Balaban J connectivity index is 0.000000219. The number of aromatic nitrogens is 4. The van der Waals surface area contributed by atoms with Gasteiger partial charge in [-0.15, -0.1) is 53.6 Å². The fourth-order valence-electron chi connectivity index (χ4n) is 9.18. The van der Waals surface area contributed by atoms with Gasteiger partial charge in [0.1, 0.15) is 0 Å². The van der Waals surface area contributed by atoms with Gasteiger partial charge in [-0.05, 0) is 75.1 Å². The summed E-state index contributed by atoms with van der Waals surface area (Å²) in [5.41, 5.74) is 11.5. The summed E-state index contributed by atoms with van der Waals surface area (Å²) in [5, 5.41) is 8.57. The van der Waals surface area contributed by atoms with E-state index in [9.17, 15) is 0 Å². The summed E-state index contributed by atoms with van der Waals surface area (Å²) < 4.78 is 8.90. The fourth-order valence-corrected chi connectivity index (χ4v) is 10.8. The van der Waals surface area contributed by atoms with Crippen molar-refractivity contribution in [3.8, 4) is 28.3 Å². The molecule has 5 nitrogen and oxygen atoms in total. The van der Waals surface area contributed by atoms with Gasteiger partial charge >= 0.3 is 0 Å². The van der Waals surface area contributed by atoms with Gasteiger partial charge in [-0.25, -0.2) is 4.98 Å². The van der Waals surface area contributed by atoms with Gasteiger partial charge in [0, 0.05) is 43.3 Å². The predicted octanol–water partition coefficient (Wildman–Crippen LogP) is 14.6. The number of benzene rings is 6. The van der Waals surface area contributed by atoms with Crippen LogP contribution in [0.4, 0.5) is 0 Å². The first-order chi connectivity index (χ1) is 29.9. The molecule has 0 N–H and O–H groups in total. The summed E-state index contributed by atoms with van der Waals surface area (Å²) in [5.74, 6) is 2.05. The van der Waals surface area contributed by atoms with Crippen LogP contribution in [0.3, 0.4) is 0 Å². The zero-order valence-electron chi connectivity index (χ0n) is 37.7. The van der Waals surface area contributed by atoms with Crippen LogP contribution in [-0.4, -0.2) is 27.6 Å². The molecule has 1 radical (unpaired) electrons. The van der Waals surface area contributed by atoms with E-state index in [0.29, 0.717) is 17.5 Å². The quantitative estimate of drug-likeness (QED) is 0.0864. The molecule has 0 saturated heterocycles. The van der Waals surface area contributed by atoms with Crippen LogP contribution in [0.1, 0.15) is 70.1 Å². The molecule has 319 valence electrons. The second kappa shape index (κ2) is 17.8. The smallest absolute Gasteiger partial charge is 0.216 e. The van der Waals surface area contributed by atoms with Crippen molar-refractivity contribution in [1.82, 2.24) is 19.5 Å². The van der Waals surface area contributed by atoms with Gasteiger partial charge in [0.2, 0.25) is 5.71 Å². The molecular formula is C56H54IrN4OSi-2. The molecule has 4 heterocycles. The van der Waals surface area contributed by atoms with E-state index in [0.717, 1.165) is 62.1 Å². The maximum Gasteiger partial charge on any atom is 0.216 e. The number of hydrogen-bond donors (Lipinski definition) is 0. The Labute approximate surface area is 386 Å². The molecule has 0 amide bonds. The molecule has 7 heteroatoms. The largest absolute Gasteiger partial charge is 0.486 e. The first kappa shape index (κ1) is 43.9. The molecule has 0 bridgehead atoms. The number of pyridine rings is 2. The van der Waals surface area contributed by atoms with E-state index in [1.165, 1.54) is 43.4 Å². The summed E-state index contributed by atoms with van der Waals surface area (Å²) in [6.45, 7) is 20.7. The Morgan fingerprint density at radius 3 is 2.05 bits per heavy atom. The molecular weight excluding hydrogens is 965 g/mol. The van der Waals surface area contributed by atoms with E-state index in [2.05, 4.69) is 191 Å². The van der Waals surface area contributed by atoms with Crippen LogP contribution >= 0.6 is 0 Å². The molecule has 0 aliphatic rings. The maximum absolute atomic E-state index is 6.56. The third kappa shape index (κ3) is 8.19. The van der Waals surface area contributed by atoms with Gasteiger partial charge in [0.15, 0.2) is 0 Å². The first-order valence-electron chi connectivity index (χ1n) is 22.0. The molecule has 0 saturated carbocycles. The number of furan rings is 1. The Morgan fingerprint density at radius 2 is 1.37 bits per heavy atom. The SMILES string of the molecule is CC(C)Cc1cc(-c2[c-]cccc2)ncc1[Si](C)(C)C.CC(C)c1c(-n2c(-c3[c-]cc(C(C)C)c4c3oc3ncccc34)nc3ccccc32)c2ccccc2c2ccccc12.[Ir]. The Kier molecular flexibility index (Phi) is 12.4. The first-order valence-corrected chi connectivity index (χ1v) is 25.5. The summed E-state index contributed by atoms with van der Waals surface area (Å²) in [6, 6.07) is 49.4. The van der Waals surface area contributed by atoms with Gasteiger partial charge in [-0.1, -0.05) is 150 Å². The molecule has 0 spiro atoms. The molecule has 0 fully saturated rings. The van der Waals surface area contributed by atoms with Gasteiger partial charge < -0.3 is 14.0 Å². The molecule has 0 aliphatic heterocycles. The number of imidazole rings is 1. The van der Waals surface area contributed by atoms with Crippen molar-refractivity contribution < 1.29 is 24.5 Å². The van der Waals surface area contributed by atoms with Crippen LogP contribution < -0.4 is 5.19 Å². The maximum atomic E-state index is 6.56. The van der Waals surface area contributed by atoms with E-state index in [-0.39, 0.29) is 26.0 Å². The number of rotatable bonds is 8. The molecule has 63 heavy (non-hydrogen) atoms. The zero-order valence-corrected chi connectivity index (χ0v) is 41.1. The number of hydrogen-bond acceptors (Lipinski definition) is 4.